The van der Waals surface area contributed by atoms with E-state index in [0.29, 0.717) is 0 Å². The molecule has 2 fully saturated rings. The second-order valence-electron chi connectivity index (χ2n) is 4.45. The minimum Gasteiger partial charge on any atom is -0.379 e. The van der Waals surface area contributed by atoms with Crippen LogP contribution in [-0.2, 0) is 4.74 Å². The van der Waals surface area contributed by atoms with E-state index < -0.39 is 0 Å². The lowest BCUT2D eigenvalue weighted by molar-refractivity contribution is 0.00574. The average Bonchev–Trinajstić information content (AvgIpc) is 2.30. The summed E-state index contributed by atoms with van der Waals surface area (Å²) >= 11 is 0. The van der Waals surface area contributed by atoms with Crippen LogP contribution in [0.4, 0.5) is 0 Å². The molecule has 1 saturated carbocycles. The van der Waals surface area contributed by atoms with Crippen LogP contribution in [0.25, 0.3) is 0 Å². The molecule has 2 atom stereocenters. The van der Waals surface area contributed by atoms with E-state index in [4.69, 9.17) is 4.74 Å². The molecule has 0 bridgehead atoms. The van der Waals surface area contributed by atoms with Crippen molar-refractivity contribution >= 4 is 0 Å². The van der Waals surface area contributed by atoms with Gasteiger partial charge < -0.3 is 10.1 Å². The topological polar surface area (TPSA) is 24.5 Å². The van der Waals surface area contributed by atoms with Crippen LogP contribution in [0.15, 0.2) is 0 Å². The van der Waals surface area contributed by atoms with E-state index in [-0.39, 0.29) is 0 Å². The maximum Gasteiger partial charge on any atom is 0.0594 e. The molecular formula is C11H22N2O. The molecule has 2 aliphatic rings. The molecule has 0 aromatic carbocycles. The van der Waals surface area contributed by atoms with E-state index in [1.54, 1.807) is 0 Å². The Kier molecular flexibility index (Phi) is 3.79. The largest absolute Gasteiger partial charge is 0.379 e. The summed E-state index contributed by atoms with van der Waals surface area (Å²) in [5.41, 5.74) is 0. The smallest absolute Gasteiger partial charge is 0.0594 e. The highest BCUT2D eigenvalue weighted by Crippen LogP contribution is 2.23. The molecule has 2 rings (SSSR count). The molecule has 0 amide bonds. The van der Waals surface area contributed by atoms with Gasteiger partial charge in [0.25, 0.3) is 0 Å². The maximum atomic E-state index is 5.39. The zero-order valence-electron chi connectivity index (χ0n) is 9.17. The van der Waals surface area contributed by atoms with Gasteiger partial charge in [0.15, 0.2) is 0 Å². The summed E-state index contributed by atoms with van der Waals surface area (Å²) in [5, 5.41) is 3.42. The molecule has 1 aliphatic carbocycles. The molecule has 1 heterocycles. The van der Waals surface area contributed by atoms with Gasteiger partial charge in [0.1, 0.15) is 0 Å². The third kappa shape index (κ3) is 2.47. The van der Waals surface area contributed by atoms with Gasteiger partial charge in [0.2, 0.25) is 0 Å². The summed E-state index contributed by atoms with van der Waals surface area (Å²) in [4.78, 5) is 2.62. The summed E-state index contributed by atoms with van der Waals surface area (Å²) in [6.07, 6.45) is 5.46. The minimum absolute atomic E-state index is 0.747. The van der Waals surface area contributed by atoms with Crippen molar-refractivity contribution in [2.75, 3.05) is 33.4 Å². The van der Waals surface area contributed by atoms with Crippen LogP contribution in [0.2, 0.25) is 0 Å². The highest BCUT2D eigenvalue weighted by atomic mass is 16.5. The van der Waals surface area contributed by atoms with Gasteiger partial charge in [-0.1, -0.05) is 6.42 Å². The van der Waals surface area contributed by atoms with Gasteiger partial charge >= 0.3 is 0 Å². The quantitative estimate of drug-likeness (QED) is 0.712. The highest BCUT2D eigenvalue weighted by molar-refractivity contribution is 4.84. The summed E-state index contributed by atoms with van der Waals surface area (Å²) in [5.74, 6) is 0. The zero-order valence-corrected chi connectivity index (χ0v) is 9.17. The van der Waals surface area contributed by atoms with Crippen molar-refractivity contribution in [1.82, 2.24) is 10.2 Å². The Balaban J connectivity index is 1.83. The summed E-state index contributed by atoms with van der Waals surface area (Å²) in [6, 6.07) is 1.56. The Morgan fingerprint density at radius 2 is 2.00 bits per heavy atom. The second kappa shape index (κ2) is 5.10. The Morgan fingerprint density at radius 1 is 1.21 bits per heavy atom. The third-order valence-corrected chi connectivity index (χ3v) is 3.62. The molecule has 0 aromatic heterocycles. The van der Waals surface area contributed by atoms with Gasteiger partial charge in [-0.15, -0.1) is 0 Å². The van der Waals surface area contributed by atoms with Crippen LogP contribution < -0.4 is 5.32 Å². The van der Waals surface area contributed by atoms with E-state index in [1.807, 2.05) is 0 Å². The molecule has 1 saturated heterocycles. The summed E-state index contributed by atoms with van der Waals surface area (Å²) < 4.78 is 5.39. The number of nitrogens with zero attached hydrogens (tertiary/aromatic N) is 1. The monoisotopic (exact) mass is 198 g/mol. The van der Waals surface area contributed by atoms with E-state index in [0.717, 1.165) is 38.4 Å². The van der Waals surface area contributed by atoms with Crippen molar-refractivity contribution < 1.29 is 4.74 Å². The predicted molar refractivity (Wildman–Crippen MR) is 57.5 cm³/mol. The summed E-state index contributed by atoms with van der Waals surface area (Å²) in [6.45, 7) is 4.14. The van der Waals surface area contributed by atoms with Crippen LogP contribution in [0.3, 0.4) is 0 Å². The molecule has 0 aromatic rings. The lowest BCUT2D eigenvalue weighted by Crippen LogP contribution is -2.48. The SMILES string of the molecule is CN[C@H]1CCCC(N2CCOCC2)C1. The normalized spacial score (nSPS) is 35.8. The number of rotatable bonds is 2. The van der Waals surface area contributed by atoms with Crippen LogP contribution in [0.1, 0.15) is 25.7 Å². The van der Waals surface area contributed by atoms with Gasteiger partial charge in [-0.3, -0.25) is 4.90 Å². The van der Waals surface area contributed by atoms with E-state index >= 15 is 0 Å². The van der Waals surface area contributed by atoms with Crippen molar-refractivity contribution in [2.45, 2.75) is 37.8 Å². The molecular weight excluding hydrogens is 176 g/mol. The molecule has 0 spiro atoms. The number of ether oxygens (including phenoxy) is 1. The molecule has 82 valence electrons. The molecule has 3 heteroatoms. The number of hydrogen-bond donors (Lipinski definition) is 1. The average molecular weight is 198 g/mol. The van der Waals surface area contributed by atoms with Crippen molar-refractivity contribution in [3.05, 3.63) is 0 Å². The number of morpholine rings is 1. The van der Waals surface area contributed by atoms with Gasteiger partial charge in [-0.25, -0.2) is 0 Å². The lowest BCUT2D eigenvalue weighted by atomic mass is 9.90. The molecule has 14 heavy (non-hydrogen) atoms. The van der Waals surface area contributed by atoms with Crippen LogP contribution >= 0.6 is 0 Å². The van der Waals surface area contributed by atoms with E-state index in [2.05, 4.69) is 17.3 Å². The zero-order chi connectivity index (χ0) is 9.80. The molecule has 1 N–H and O–H groups in total. The minimum atomic E-state index is 0.747. The summed E-state index contributed by atoms with van der Waals surface area (Å²) in [7, 11) is 2.09. The maximum absolute atomic E-state index is 5.39. The van der Waals surface area contributed by atoms with Crippen molar-refractivity contribution in [2.24, 2.45) is 0 Å². The molecule has 1 unspecified atom stereocenters. The van der Waals surface area contributed by atoms with Crippen molar-refractivity contribution in [3.8, 4) is 0 Å². The molecule has 3 nitrogen and oxygen atoms in total. The number of nitrogens with one attached hydrogen (secondary N) is 1. The molecule has 0 radical (unpaired) electrons. The Morgan fingerprint density at radius 3 is 2.71 bits per heavy atom. The van der Waals surface area contributed by atoms with Crippen molar-refractivity contribution in [3.63, 3.8) is 0 Å². The number of hydrogen-bond acceptors (Lipinski definition) is 3. The van der Waals surface area contributed by atoms with E-state index in [1.165, 1.54) is 25.7 Å². The van der Waals surface area contributed by atoms with E-state index in [9.17, 15) is 0 Å². The Hall–Kier alpha value is -0.120. The first-order valence-corrected chi connectivity index (χ1v) is 5.89. The van der Waals surface area contributed by atoms with Crippen molar-refractivity contribution in [1.29, 1.82) is 0 Å². The first kappa shape index (κ1) is 10.4. The van der Waals surface area contributed by atoms with Gasteiger partial charge in [-0.2, -0.15) is 0 Å². The third-order valence-electron chi connectivity index (χ3n) is 3.62. The first-order valence-electron chi connectivity index (χ1n) is 5.89. The fraction of sp³-hybridized carbons (Fsp3) is 1.00. The van der Waals surface area contributed by atoms with Crippen LogP contribution in [0.5, 0.6) is 0 Å². The van der Waals surface area contributed by atoms with Crippen LogP contribution in [-0.4, -0.2) is 50.3 Å². The van der Waals surface area contributed by atoms with Gasteiger partial charge in [-0.05, 0) is 26.3 Å². The first-order chi connectivity index (χ1) is 6.90. The lowest BCUT2D eigenvalue weighted by Gasteiger charge is -2.39. The van der Waals surface area contributed by atoms with Crippen LogP contribution in [0, 0.1) is 0 Å². The van der Waals surface area contributed by atoms with Gasteiger partial charge in [0.05, 0.1) is 13.2 Å². The standard InChI is InChI=1S/C11H22N2O/c1-12-10-3-2-4-11(9-10)13-5-7-14-8-6-13/h10-12H,2-9H2,1H3/t10-,11?/m0/s1. The predicted octanol–water partition coefficient (Wildman–Crippen LogP) is 0.849. The fourth-order valence-corrected chi connectivity index (χ4v) is 2.70. The fourth-order valence-electron chi connectivity index (χ4n) is 2.70. The Labute approximate surface area is 86.8 Å². The molecule has 1 aliphatic heterocycles. The second-order valence-corrected chi connectivity index (χ2v) is 4.45. The Bertz CT molecular complexity index is 169. The highest BCUT2D eigenvalue weighted by Gasteiger charge is 2.26. The van der Waals surface area contributed by atoms with Gasteiger partial charge in [0, 0.05) is 25.2 Å².